The van der Waals surface area contributed by atoms with Crippen molar-refractivity contribution in [3.63, 3.8) is 0 Å². The minimum atomic E-state index is -0.332. The van der Waals surface area contributed by atoms with Crippen LogP contribution in [0.1, 0.15) is 36.6 Å². The predicted molar refractivity (Wildman–Crippen MR) is 93.5 cm³/mol. The molecule has 1 unspecified atom stereocenters. The topological polar surface area (TPSA) is 132 Å². The first-order chi connectivity index (χ1) is 13.7. The summed E-state index contributed by atoms with van der Waals surface area (Å²) in [7, 11) is 1.62. The van der Waals surface area contributed by atoms with Gasteiger partial charge in [0.05, 0.1) is 6.54 Å². The van der Waals surface area contributed by atoms with E-state index in [1.54, 1.807) is 25.4 Å². The van der Waals surface area contributed by atoms with Crippen LogP contribution in [-0.2, 0) is 17.8 Å². The third-order valence-electron chi connectivity index (χ3n) is 4.17. The Balaban J connectivity index is 1.28. The van der Waals surface area contributed by atoms with Crippen LogP contribution in [0.25, 0.3) is 11.5 Å². The molecule has 4 heterocycles. The van der Waals surface area contributed by atoms with Gasteiger partial charge in [0.1, 0.15) is 18.3 Å². The number of hydrogen-bond donors (Lipinski definition) is 1. The van der Waals surface area contributed by atoms with Crippen molar-refractivity contribution in [1.82, 2.24) is 35.5 Å². The Kier molecular flexibility index (Phi) is 5.24. The Morgan fingerprint density at radius 1 is 1.29 bits per heavy atom. The minimum Gasteiger partial charge on any atom is -0.368 e. The van der Waals surface area contributed by atoms with Gasteiger partial charge < -0.3 is 24.0 Å². The van der Waals surface area contributed by atoms with Gasteiger partial charge in [-0.25, -0.2) is 4.79 Å². The zero-order chi connectivity index (χ0) is 19.3. The summed E-state index contributed by atoms with van der Waals surface area (Å²) in [5, 5.41) is 10.5. The summed E-state index contributed by atoms with van der Waals surface area (Å²) in [6.07, 6.45) is 3.33. The summed E-state index contributed by atoms with van der Waals surface area (Å²) in [4.78, 5) is 26.3. The van der Waals surface area contributed by atoms with Crippen molar-refractivity contribution in [3.8, 4) is 11.5 Å². The van der Waals surface area contributed by atoms with Gasteiger partial charge in [-0.05, 0) is 25.0 Å². The average Bonchev–Trinajstić information content (AvgIpc) is 3.47. The second-order valence-electron chi connectivity index (χ2n) is 6.29. The molecule has 0 aliphatic carbocycles. The summed E-state index contributed by atoms with van der Waals surface area (Å²) >= 11 is 0. The molecule has 1 aliphatic heterocycles. The van der Waals surface area contributed by atoms with E-state index in [9.17, 15) is 4.79 Å². The highest BCUT2D eigenvalue weighted by Gasteiger charge is 2.24. The molecule has 0 aromatic carbocycles. The number of aromatic nitrogens is 5. The molecule has 0 bridgehead atoms. The van der Waals surface area contributed by atoms with E-state index < -0.39 is 0 Å². The quantitative estimate of drug-likeness (QED) is 0.673. The molecule has 2 amide bonds. The van der Waals surface area contributed by atoms with Gasteiger partial charge >= 0.3 is 6.03 Å². The fourth-order valence-electron chi connectivity index (χ4n) is 2.72. The van der Waals surface area contributed by atoms with Crippen molar-refractivity contribution < 1.29 is 18.6 Å². The first kappa shape index (κ1) is 18.0. The molecule has 1 aliphatic rings. The van der Waals surface area contributed by atoms with Crippen molar-refractivity contribution >= 4 is 6.03 Å². The third kappa shape index (κ3) is 4.14. The van der Waals surface area contributed by atoms with Crippen LogP contribution >= 0.6 is 0 Å². The summed E-state index contributed by atoms with van der Waals surface area (Å²) in [6.45, 7) is 0.989. The summed E-state index contributed by atoms with van der Waals surface area (Å²) in [5.74, 6) is 1.52. The number of hydrogen-bond acceptors (Lipinski definition) is 9. The molecular formula is C17H19N7O4. The highest BCUT2D eigenvalue weighted by Crippen LogP contribution is 2.26. The summed E-state index contributed by atoms with van der Waals surface area (Å²) in [6, 6.07) is 5.08. The van der Waals surface area contributed by atoms with E-state index in [2.05, 4.69) is 30.6 Å². The largest absolute Gasteiger partial charge is 0.368 e. The van der Waals surface area contributed by atoms with Gasteiger partial charge in [0.2, 0.25) is 11.7 Å². The highest BCUT2D eigenvalue weighted by atomic mass is 16.5. The van der Waals surface area contributed by atoms with Crippen LogP contribution in [0.3, 0.4) is 0 Å². The molecule has 4 rings (SSSR count). The maximum absolute atomic E-state index is 12.3. The average molecular weight is 385 g/mol. The monoisotopic (exact) mass is 385 g/mol. The zero-order valence-corrected chi connectivity index (χ0v) is 15.2. The summed E-state index contributed by atoms with van der Waals surface area (Å²) < 4.78 is 15.9. The van der Waals surface area contributed by atoms with Crippen LogP contribution < -0.4 is 5.32 Å². The molecule has 28 heavy (non-hydrogen) atoms. The first-order valence-electron chi connectivity index (χ1n) is 8.86. The van der Waals surface area contributed by atoms with E-state index in [-0.39, 0.29) is 25.2 Å². The first-order valence-corrected chi connectivity index (χ1v) is 8.86. The second-order valence-corrected chi connectivity index (χ2v) is 6.29. The normalized spacial score (nSPS) is 16.2. The molecule has 1 atom stereocenters. The van der Waals surface area contributed by atoms with Crippen LogP contribution in [0.4, 0.5) is 4.79 Å². The third-order valence-corrected chi connectivity index (χ3v) is 4.17. The fraction of sp³-hybridized carbons (Fsp3) is 0.412. The van der Waals surface area contributed by atoms with Crippen molar-refractivity contribution in [2.75, 3.05) is 13.7 Å². The molecule has 3 aromatic heterocycles. The zero-order valence-electron chi connectivity index (χ0n) is 15.2. The molecule has 0 saturated carbocycles. The van der Waals surface area contributed by atoms with Crippen molar-refractivity contribution in [3.05, 3.63) is 42.0 Å². The van der Waals surface area contributed by atoms with E-state index in [0.717, 1.165) is 12.8 Å². The molecule has 0 spiro atoms. The number of carbonyl (C=O) groups is 1. The fourth-order valence-corrected chi connectivity index (χ4v) is 2.72. The summed E-state index contributed by atoms with van der Waals surface area (Å²) in [5.41, 5.74) is 0.601. The van der Waals surface area contributed by atoms with Gasteiger partial charge in [-0.15, -0.1) is 0 Å². The smallest absolute Gasteiger partial charge is 0.317 e. The molecule has 3 aromatic rings. The lowest BCUT2D eigenvalue weighted by molar-refractivity contribution is 0.0835. The molecule has 0 radical (unpaired) electrons. The SMILES string of the molecule is CN(Cc1nc(-c2ccccn2)no1)C(=O)NCc1noc(C2CCCO2)n1. The predicted octanol–water partition coefficient (Wildman–Crippen LogP) is 1.71. The molecule has 146 valence electrons. The van der Waals surface area contributed by atoms with Crippen LogP contribution in [0.2, 0.25) is 0 Å². The van der Waals surface area contributed by atoms with Crippen LogP contribution in [-0.4, -0.2) is 49.9 Å². The number of carbonyl (C=O) groups excluding carboxylic acids is 1. The van der Waals surface area contributed by atoms with Gasteiger partial charge in [-0.3, -0.25) is 4.98 Å². The van der Waals surface area contributed by atoms with Crippen LogP contribution in [0.5, 0.6) is 0 Å². The van der Waals surface area contributed by atoms with Crippen LogP contribution in [0.15, 0.2) is 33.4 Å². The molecule has 1 saturated heterocycles. The number of rotatable bonds is 6. The Morgan fingerprint density at radius 2 is 2.21 bits per heavy atom. The number of amides is 2. The van der Waals surface area contributed by atoms with Gasteiger partial charge in [-0.1, -0.05) is 16.4 Å². The van der Waals surface area contributed by atoms with Crippen LogP contribution in [0, 0.1) is 0 Å². The lowest BCUT2D eigenvalue weighted by Crippen LogP contribution is -2.36. The van der Waals surface area contributed by atoms with Gasteiger partial charge in [-0.2, -0.15) is 9.97 Å². The lowest BCUT2D eigenvalue weighted by atomic mass is 10.2. The van der Waals surface area contributed by atoms with E-state index in [1.165, 1.54) is 4.90 Å². The van der Waals surface area contributed by atoms with E-state index in [4.69, 9.17) is 13.8 Å². The number of pyridine rings is 1. The standard InChI is InChI=1S/C17H19N7O4/c1-24(10-14-21-15(23-27-14)11-5-2-3-7-18-11)17(25)19-9-13-20-16(28-22-13)12-6-4-8-26-12/h2-3,5,7,12H,4,6,8-10H2,1H3,(H,19,25). The Hall–Kier alpha value is -3.34. The van der Waals surface area contributed by atoms with Gasteiger partial charge in [0.15, 0.2) is 5.82 Å². The molecule has 1 fully saturated rings. The van der Waals surface area contributed by atoms with Crippen molar-refractivity contribution in [2.45, 2.75) is 32.0 Å². The highest BCUT2D eigenvalue weighted by molar-refractivity contribution is 5.73. The number of ether oxygens (including phenoxy) is 1. The Labute approximate surface area is 160 Å². The molecular weight excluding hydrogens is 366 g/mol. The minimum absolute atomic E-state index is 0.141. The molecule has 11 heteroatoms. The maximum Gasteiger partial charge on any atom is 0.317 e. The Bertz CT molecular complexity index is 921. The Morgan fingerprint density at radius 3 is 3.00 bits per heavy atom. The number of nitrogens with one attached hydrogen (secondary N) is 1. The lowest BCUT2D eigenvalue weighted by Gasteiger charge is -2.14. The maximum atomic E-state index is 12.3. The number of urea groups is 1. The van der Waals surface area contributed by atoms with E-state index in [0.29, 0.717) is 35.7 Å². The van der Waals surface area contributed by atoms with Crippen molar-refractivity contribution in [2.24, 2.45) is 0 Å². The van der Waals surface area contributed by atoms with E-state index in [1.807, 2.05) is 6.07 Å². The van der Waals surface area contributed by atoms with Gasteiger partial charge in [0.25, 0.3) is 5.89 Å². The number of nitrogens with zero attached hydrogens (tertiary/aromatic N) is 6. The second kappa shape index (κ2) is 8.13. The molecule has 11 nitrogen and oxygen atoms in total. The van der Waals surface area contributed by atoms with Gasteiger partial charge in [0, 0.05) is 19.9 Å². The van der Waals surface area contributed by atoms with E-state index >= 15 is 0 Å². The molecule has 1 N–H and O–H groups in total. The van der Waals surface area contributed by atoms with Crippen molar-refractivity contribution in [1.29, 1.82) is 0 Å².